The number of carbonyl (C=O) groups is 2. The fraction of sp³-hybridized carbons (Fsp3) is 0.583. The van der Waals surface area contributed by atoms with Gasteiger partial charge in [-0.25, -0.2) is 4.98 Å². The molecule has 1 aliphatic rings. The number of H-pyrrole nitrogens is 1. The summed E-state index contributed by atoms with van der Waals surface area (Å²) >= 11 is 0. The molecule has 1 aliphatic heterocycles. The predicted octanol–water partition coefficient (Wildman–Crippen LogP) is 0.899. The van der Waals surface area contributed by atoms with Crippen molar-refractivity contribution in [1.82, 2.24) is 14.9 Å². The molecule has 0 bridgehead atoms. The molecule has 6 heteroatoms. The second-order valence-corrected chi connectivity index (χ2v) is 4.67. The molecule has 0 aromatic carbocycles. The van der Waals surface area contributed by atoms with E-state index < -0.39 is 5.97 Å². The highest BCUT2D eigenvalue weighted by atomic mass is 16.4. The Balaban J connectivity index is 1.88. The van der Waals surface area contributed by atoms with Crippen molar-refractivity contribution in [2.24, 2.45) is 0 Å². The first-order valence-corrected chi connectivity index (χ1v) is 6.07. The summed E-state index contributed by atoms with van der Waals surface area (Å²) in [5.74, 6) is 0.150. The van der Waals surface area contributed by atoms with Crippen LogP contribution in [0.3, 0.4) is 0 Å². The van der Waals surface area contributed by atoms with E-state index in [-0.39, 0.29) is 24.7 Å². The number of carboxylic acid groups (broad SMARTS) is 1. The molecular weight excluding hydrogens is 234 g/mol. The molecule has 18 heavy (non-hydrogen) atoms. The molecule has 1 aromatic rings. The molecule has 6 nitrogen and oxygen atoms in total. The first-order chi connectivity index (χ1) is 8.56. The van der Waals surface area contributed by atoms with Crippen LogP contribution in [0.4, 0.5) is 0 Å². The Kier molecular flexibility index (Phi) is 3.64. The molecule has 2 rings (SSSR count). The Morgan fingerprint density at radius 2 is 2.33 bits per heavy atom. The number of nitrogens with zero attached hydrogens (tertiary/aromatic N) is 2. The molecule has 0 radical (unpaired) electrons. The van der Waals surface area contributed by atoms with Crippen LogP contribution in [0.2, 0.25) is 0 Å². The summed E-state index contributed by atoms with van der Waals surface area (Å²) in [6.07, 6.45) is 2.65. The number of hydrogen-bond acceptors (Lipinski definition) is 3. The molecule has 0 saturated carbocycles. The van der Waals surface area contributed by atoms with Crippen LogP contribution in [0, 0.1) is 6.92 Å². The van der Waals surface area contributed by atoms with Gasteiger partial charge in [-0.05, 0) is 13.3 Å². The van der Waals surface area contributed by atoms with E-state index in [1.807, 2.05) is 6.92 Å². The van der Waals surface area contributed by atoms with E-state index in [1.54, 1.807) is 11.1 Å². The van der Waals surface area contributed by atoms with Gasteiger partial charge in [-0.2, -0.15) is 0 Å². The van der Waals surface area contributed by atoms with Gasteiger partial charge in [0.25, 0.3) is 0 Å². The fourth-order valence-electron chi connectivity index (χ4n) is 2.22. The lowest BCUT2D eigenvalue weighted by atomic mass is 10.1. The van der Waals surface area contributed by atoms with Crippen molar-refractivity contribution >= 4 is 11.9 Å². The molecular formula is C12H17N3O3. The number of amides is 1. The summed E-state index contributed by atoms with van der Waals surface area (Å²) in [6.45, 7) is 3.26. The smallest absolute Gasteiger partial charge is 0.303 e. The van der Waals surface area contributed by atoms with Crippen molar-refractivity contribution in [3.63, 3.8) is 0 Å². The lowest BCUT2D eigenvalue weighted by Gasteiger charge is -2.15. The van der Waals surface area contributed by atoms with Crippen molar-refractivity contribution in [2.45, 2.75) is 32.1 Å². The Morgan fingerprint density at radius 1 is 1.56 bits per heavy atom. The van der Waals surface area contributed by atoms with Crippen LogP contribution in [0.25, 0.3) is 0 Å². The van der Waals surface area contributed by atoms with E-state index in [9.17, 15) is 9.59 Å². The molecule has 0 aliphatic carbocycles. The van der Waals surface area contributed by atoms with E-state index in [4.69, 9.17) is 5.11 Å². The van der Waals surface area contributed by atoms with Gasteiger partial charge in [0.2, 0.25) is 5.91 Å². The summed E-state index contributed by atoms with van der Waals surface area (Å²) in [4.78, 5) is 31.4. The highest BCUT2D eigenvalue weighted by Gasteiger charge is 2.28. The summed E-state index contributed by atoms with van der Waals surface area (Å²) < 4.78 is 0. The van der Waals surface area contributed by atoms with Crippen molar-refractivity contribution in [3.8, 4) is 0 Å². The SMILES string of the molecule is Cc1cnc([C@@H]2CCN(C(=O)CCC(=O)O)C2)[nH]1. The average Bonchev–Trinajstić information content (AvgIpc) is 2.93. The van der Waals surface area contributed by atoms with Gasteiger partial charge in [-0.1, -0.05) is 0 Å². The fourth-order valence-corrected chi connectivity index (χ4v) is 2.22. The van der Waals surface area contributed by atoms with E-state index in [2.05, 4.69) is 9.97 Å². The quantitative estimate of drug-likeness (QED) is 0.832. The number of likely N-dealkylation sites (tertiary alicyclic amines) is 1. The first kappa shape index (κ1) is 12.6. The van der Waals surface area contributed by atoms with E-state index in [1.165, 1.54) is 0 Å². The zero-order valence-corrected chi connectivity index (χ0v) is 10.3. The Morgan fingerprint density at radius 3 is 2.94 bits per heavy atom. The minimum atomic E-state index is -0.930. The van der Waals surface area contributed by atoms with Gasteiger partial charge in [0.1, 0.15) is 5.82 Å². The van der Waals surface area contributed by atoms with E-state index >= 15 is 0 Å². The van der Waals surface area contributed by atoms with Crippen LogP contribution < -0.4 is 0 Å². The van der Waals surface area contributed by atoms with Crippen molar-refractivity contribution < 1.29 is 14.7 Å². The zero-order valence-electron chi connectivity index (χ0n) is 10.3. The number of imidazole rings is 1. The van der Waals surface area contributed by atoms with Gasteiger partial charge in [0.15, 0.2) is 0 Å². The van der Waals surface area contributed by atoms with Crippen molar-refractivity contribution in [3.05, 3.63) is 17.7 Å². The second kappa shape index (κ2) is 5.20. The monoisotopic (exact) mass is 251 g/mol. The third-order valence-electron chi connectivity index (χ3n) is 3.20. The topological polar surface area (TPSA) is 86.3 Å². The van der Waals surface area contributed by atoms with Gasteiger partial charge in [-0.15, -0.1) is 0 Å². The molecule has 1 atom stereocenters. The van der Waals surface area contributed by atoms with Gasteiger partial charge in [0, 0.05) is 37.3 Å². The maximum Gasteiger partial charge on any atom is 0.303 e. The summed E-state index contributed by atoms with van der Waals surface area (Å²) in [5.41, 5.74) is 1.01. The van der Waals surface area contributed by atoms with Gasteiger partial charge in [-0.3, -0.25) is 9.59 Å². The Hall–Kier alpha value is -1.85. The summed E-state index contributed by atoms with van der Waals surface area (Å²) in [6, 6.07) is 0. The molecule has 1 fully saturated rings. The van der Waals surface area contributed by atoms with Gasteiger partial charge in [0.05, 0.1) is 6.42 Å². The molecule has 0 spiro atoms. The van der Waals surface area contributed by atoms with E-state index in [0.29, 0.717) is 13.1 Å². The first-order valence-electron chi connectivity index (χ1n) is 6.07. The van der Waals surface area contributed by atoms with Crippen LogP contribution in [-0.2, 0) is 9.59 Å². The predicted molar refractivity (Wildman–Crippen MR) is 64.1 cm³/mol. The zero-order chi connectivity index (χ0) is 13.1. The molecule has 98 valence electrons. The number of aliphatic carboxylic acids is 1. The maximum atomic E-state index is 11.8. The maximum absolute atomic E-state index is 11.8. The minimum Gasteiger partial charge on any atom is -0.481 e. The number of nitrogens with one attached hydrogen (secondary N) is 1. The number of rotatable bonds is 4. The lowest BCUT2D eigenvalue weighted by Crippen LogP contribution is -2.28. The highest BCUT2D eigenvalue weighted by Crippen LogP contribution is 2.25. The number of aromatic amines is 1. The summed E-state index contributed by atoms with van der Waals surface area (Å²) in [7, 11) is 0. The lowest BCUT2D eigenvalue weighted by molar-refractivity contribution is -0.140. The van der Waals surface area contributed by atoms with Crippen LogP contribution in [0.5, 0.6) is 0 Å². The molecule has 2 heterocycles. The summed E-state index contributed by atoms with van der Waals surface area (Å²) in [5, 5.41) is 8.55. The van der Waals surface area contributed by atoms with Crippen LogP contribution in [0.15, 0.2) is 6.20 Å². The number of aryl methyl sites for hydroxylation is 1. The molecule has 1 aromatic heterocycles. The van der Waals surface area contributed by atoms with Gasteiger partial charge < -0.3 is 15.0 Å². The number of hydrogen-bond donors (Lipinski definition) is 2. The van der Waals surface area contributed by atoms with E-state index in [0.717, 1.165) is 17.9 Å². The van der Waals surface area contributed by atoms with Crippen molar-refractivity contribution in [2.75, 3.05) is 13.1 Å². The Bertz CT molecular complexity index is 455. The van der Waals surface area contributed by atoms with Crippen molar-refractivity contribution in [1.29, 1.82) is 0 Å². The Labute approximate surface area is 105 Å². The number of carbonyl (C=O) groups excluding carboxylic acids is 1. The van der Waals surface area contributed by atoms with Crippen LogP contribution in [0.1, 0.15) is 36.7 Å². The second-order valence-electron chi connectivity index (χ2n) is 4.67. The third-order valence-corrected chi connectivity index (χ3v) is 3.20. The van der Waals surface area contributed by atoms with Crippen LogP contribution in [-0.4, -0.2) is 44.9 Å². The normalized spacial score (nSPS) is 19.2. The standard InChI is InChI=1S/C12H17N3O3/c1-8-6-13-12(14-8)9-4-5-15(7-9)10(16)2-3-11(17)18/h6,9H,2-5,7H2,1H3,(H,13,14)(H,17,18)/t9-/m1/s1. The van der Waals surface area contributed by atoms with Gasteiger partial charge >= 0.3 is 5.97 Å². The number of carboxylic acids is 1. The minimum absolute atomic E-state index is 0.0804. The average molecular weight is 251 g/mol. The third kappa shape index (κ3) is 2.88. The molecule has 1 saturated heterocycles. The van der Waals surface area contributed by atoms with Crippen LogP contribution >= 0.6 is 0 Å². The molecule has 2 N–H and O–H groups in total. The highest BCUT2D eigenvalue weighted by molar-refractivity contribution is 5.81. The molecule has 1 amide bonds. The largest absolute Gasteiger partial charge is 0.481 e. The molecule has 0 unspecified atom stereocenters. The number of aromatic nitrogens is 2.